The number of nitrogens with zero attached hydrogens (tertiary/aromatic N) is 1. The molecule has 2 heterocycles. The highest BCUT2D eigenvalue weighted by atomic mass is 79.9. The molecule has 1 fully saturated rings. The number of nitrogens with one attached hydrogen (secondary N) is 1. The van der Waals surface area contributed by atoms with Gasteiger partial charge in [0, 0.05) is 29.5 Å². The first kappa shape index (κ1) is 18.2. The van der Waals surface area contributed by atoms with Crippen molar-refractivity contribution in [2.75, 3.05) is 32.8 Å². The Kier molecular flexibility index (Phi) is 5.57. The first-order valence-corrected chi connectivity index (χ1v) is 9.84. The number of morpholine rings is 1. The van der Waals surface area contributed by atoms with E-state index >= 15 is 0 Å². The largest absolute Gasteiger partial charge is 0.451 e. The van der Waals surface area contributed by atoms with E-state index in [1.807, 2.05) is 36.4 Å². The lowest BCUT2D eigenvalue weighted by Gasteiger charge is -2.34. The van der Waals surface area contributed by atoms with Crippen LogP contribution in [-0.2, 0) is 4.74 Å². The van der Waals surface area contributed by atoms with E-state index in [9.17, 15) is 4.79 Å². The molecule has 1 unspecified atom stereocenters. The van der Waals surface area contributed by atoms with Gasteiger partial charge in [-0.2, -0.15) is 0 Å². The molecule has 0 saturated carbocycles. The van der Waals surface area contributed by atoms with Gasteiger partial charge < -0.3 is 14.5 Å². The first-order valence-electron chi connectivity index (χ1n) is 9.05. The third-order valence-corrected chi connectivity index (χ3v) is 5.32. The summed E-state index contributed by atoms with van der Waals surface area (Å²) in [6.45, 7) is 3.66. The molecular formula is C21H21BrN2O3. The van der Waals surface area contributed by atoms with Crippen molar-refractivity contribution in [2.24, 2.45) is 0 Å². The molecule has 3 aromatic rings. The number of hydrogen-bond donors (Lipinski definition) is 1. The third-order valence-electron chi connectivity index (χ3n) is 4.83. The minimum atomic E-state index is -0.198. The SMILES string of the molecule is O=C(NCC(c1ccccc1)N1CCOCC1)c1cc2cc(Br)ccc2o1. The molecule has 1 amide bonds. The zero-order valence-corrected chi connectivity index (χ0v) is 16.4. The Labute approximate surface area is 166 Å². The van der Waals surface area contributed by atoms with Gasteiger partial charge >= 0.3 is 0 Å². The van der Waals surface area contributed by atoms with Gasteiger partial charge in [-0.25, -0.2) is 0 Å². The van der Waals surface area contributed by atoms with Crippen LogP contribution in [0.2, 0.25) is 0 Å². The van der Waals surface area contributed by atoms with Gasteiger partial charge in [0.05, 0.1) is 19.3 Å². The summed E-state index contributed by atoms with van der Waals surface area (Å²) in [5, 5.41) is 3.95. The molecule has 1 aliphatic rings. The monoisotopic (exact) mass is 428 g/mol. The molecule has 4 rings (SSSR count). The topological polar surface area (TPSA) is 54.7 Å². The zero-order valence-electron chi connectivity index (χ0n) is 14.9. The van der Waals surface area contributed by atoms with Crippen molar-refractivity contribution in [3.05, 3.63) is 70.4 Å². The predicted molar refractivity (Wildman–Crippen MR) is 108 cm³/mol. The van der Waals surface area contributed by atoms with Crippen LogP contribution >= 0.6 is 15.9 Å². The Morgan fingerprint density at radius 1 is 1.11 bits per heavy atom. The van der Waals surface area contributed by atoms with Gasteiger partial charge in [-0.15, -0.1) is 0 Å². The summed E-state index contributed by atoms with van der Waals surface area (Å²) < 4.78 is 12.1. The van der Waals surface area contributed by atoms with Crippen LogP contribution in [-0.4, -0.2) is 43.7 Å². The first-order chi connectivity index (χ1) is 13.2. The van der Waals surface area contributed by atoms with Gasteiger partial charge in [0.25, 0.3) is 5.91 Å². The molecule has 1 aliphatic heterocycles. The van der Waals surface area contributed by atoms with Crippen LogP contribution in [0.5, 0.6) is 0 Å². The van der Waals surface area contributed by atoms with Crippen LogP contribution in [0.15, 0.2) is 63.5 Å². The van der Waals surface area contributed by atoms with Gasteiger partial charge in [-0.05, 0) is 29.8 Å². The van der Waals surface area contributed by atoms with E-state index in [0.29, 0.717) is 17.9 Å². The number of benzene rings is 2. The summed E-state index contributed by atoms with van der Waals surface area (Å²) >= 11 is 3.44. The lowest BCUT2D eigenvalue weighted by atomic mass is 10.0. The van der Waals surface area contributed by atoms with Crippen molar-refractivity contribution < 1.29 is 13.9 Å². The van der Waals surface area contributed by atoms with Crippen molar-refractivity contribution in [3.8, 4) is 0 Å². The second-order valence-corrected chi connectivity index (χ2v) is 7.49. The average Bonchev–Trinajstić information content (AvgIpc) is 3.13. The highest BCUT2D eigenvalue weighted by Gasteiger charge is 2.24. The highest BCUT2D eigenvalue weighted by molar-refractivity contribution is 9.10. The number of ether oxygens (including phenoxy) is 1. The van der Waals surface area contributed by atoms with E-state index in [4.69, 9.17) is 9.15 Å². The predicted octanol–water partition coefficient (Wildman–Crippen LogP) is 4.00. The van der Waals surface area contributed by atoms with E-state index in [0.717, 1.165) is 36.2 Å². The highest BCUT2D eigenvalue weighted by Crippen LogP contribution is 2.24. The summed E-state index contributed by atoms with van der Waals surface area (Å²) in [4.78, 5) is 15.0. The number of hydrogen-bond acceptors (Lipinski definition) is 4. The number of amides is 1. The second kappa shape index (κ2) is 8.25. The maximum Gasteiger partial charge on any atom is 0.287 e. The van der Waals surface area contributed by atoms with E-state index in [2.05, 4.69) is 38.3 Å². The number of carbonyl (C=O) groups excluding carboxylic acids is 1. The Bertz CT molecular complexity index is 920. The van der Waals surface area contributed by atoms with Crippen LogP contribution in [0.25, 0.3) is 11.0 Å². The Hall–Kier alpha value is -2.15. The Morgan fingerprint density at radius 3 is 2.67 bits per heavy atom. The molecular weight excluding hydrogens is 408 g/mol. The van der Waals surface area contributed by atoms with Crippen LogP contribution in [0.4, 0.5) is 0 Å². The van der Waals surface area contributed by atoms with Gasteiger partial charge in [-0.3, -0.25) is 9.69 Å². The molecule has 0 spiro atoms. The molecule has 1 N–H and O–H groups in total. The molecule has 2 aromatic carbocycles. The zero-order chi connectivity index (χ0) is 18.6. The minimum absolute atomic E-state index is 0.109. The number of furan rings is 1. The van der Waals surface area contributed by atoms with Gasteiger partial charge in [-0.1, -0.05) is 46.3 Å². The van der Waals surface area contributed by atoms with E-state index < -0.39 is 0 Å². The van der Waals surface area contributed by atoms with Crippen molar-refractivity contribution >= 4 is 32.8 Å². The van der Waals surface area contributed by atoms with E-state index in [-0.39, 0.29) is 11.9 Å². The van der Waals surface area contributed by atoms with Crippen molar-refractivity contribution in [2.45, 2.75) is 6.04 Å². The second-order valence-electron chi connectivity index (χ2n) is 6.58. The third kappa shape index (κ3) is 4.24. The molecule has 5 nitrogen and oxygen atoms in total. The number of carbonyl (C=O) groups is 1. The maximum atomic E-state index is 12.7. The lowest BCUT2D eigenvalue weighted by Crippen LogP contribution is -2.43. The standard InChI is InChI=1S/C21H21BrN2O3/c22-17-6-7-19-16(12-17)13-20(27-19)21(25)23-14-18(15-4-2-1-3-5-15)24-8-10-26-11-9-24/h1-7,12-13,18H,8-11,14H2,(H,23,25). The molecule has 0 bridgehead atoms. The molecule has 140 valence electrons. The van der Waals surface area contributed by atoms with Gasteiger partial charge in [0.1, 0.15) is 5.58 Å². The van der Waals surface area contributed by atoms with Crippen molar-refractivity contribution in [1.82, 2.24) is 10.2 Å². The van der Waals surface area contributed by atoms with Crippen LogP contribution in [0.1, 0.15) is 22.2 Å². The quantitative estimate of drug-likeness (QED) is 0.667. The summed E-state index contributed by atoms with van der Waals surface area (Å²) in [6.07, 6.45) is 0. The maximum absolute atomic E-state index is 12.7. The van der Waals surface area contributed by atoms with Gasteiger partial charge in [0.15, 0.2) is 5.76 Å². The summed E-state index contributed by atoms with van der Waals surface area (Å²) in [7, 11) is 0. The molecule has 0 aliphatic carbocycles. The molecule has 1 aromatic heterocycles. The van der Waals surface area contributed by atoms with Crippen LogP contribution < -0.4 is 5.32 Å². The average molecular weight is 429 g/mol. The smallest absolute Gasteiger partial charge is 0.287 e. The molecule has 1 saturated heterocycles. The minimum Gasteiger partial charge on any atom is -0.451 e. The molecule has 27 heavy (non-hydrogen) atoms. The normalized spacial score (nSPS) is 16.3. The summed E-state index contributed by atoms with van der Waals surface area (Å²) in [5.74, 6) is 0.133. The fourth-order valence-electron chi connectivity index (χ4n) is 3.42. The fraction of sp³-hybridized carbons (Fsp3) is 0.286. The fourth-order valence-corrected chi connectivity index (χ4v) is 3.80. The van der Waals surface area contributed by atoms with E-state index in [1.165, 1.54) is 5.56 Å². The van der Waals surface area contributed by atoms with Gasteiger partial charge in [0.2, 0.25) is 0 Å². The molecule has 1 atom stereocenters. The number of halogens is 1. The van der Waals surface area contributed by atoms with Crippen LogP contribution in [0.3, 0.4) is 0 Å². The molecule has 0 radical (unpaired) electrons. The number of rotatable bonds is 5. The van der Waals surface area contributed by atoms with Crippen molar-refractivity contribution in [3.63, 3.8) is 0 Å². The van der Waals surface area contributed by atoms with Crippen LogP contribution in [0, 0.1) is 0 Å². The Morgan fingerprint density at radius 2 is 1.89 bits per heavy atom. The summed E-state index contributed by atoms with van der Waals surface area (Å²) in [6, 6.07) is 17.9. The van der Waals surface area contributed by atoms with Crippen molar-refractivity contribution in [1.29, 1.82) is 0 Å². The Balaban J connectivity index is 1.49. The number of fused-ring (bicyclic) bond motifs is 1. The van der Waals surface area contributed by atoms with E-state index in [1.54, 1.807) is 6.07 Å². The lowest BCUT2D eigenvalue weighted by molar-refractivity contribution is 0.0161. The molecule has 6 heteroatoms. The summed E-state index contributed by atoms with van der Waals surface area (Å²) in [5.41, 5.74) is 1.89.